The van der Waals surface area contributed by atoms with Crippen LogP contribution in [-0.2, 0) is 4.79 Å². The second kappa shape index (κ2) is 7.58. The van der Waals surface area contributed by atoms with E-state index in [9.17, 15) is 4.79 Å². The highest BCUT2D eigenvalue weighted by Crippen LogP contribution is 2.45. The molecule has 158 valence electrons. The summed E-state index contributed by atoms with van der Waals surface area (Å²) < 4.78 is 12.7. The van der Waals surface area contributed by atoms with Crippen LogP contribution in [0.5, 0.6) is 11.5 Å². The number of nitrogens with one attached hydrogen (secondary N) is 1. The number of anilines is 1. The molecule has 0 saturated heterocycles. The fourth-order valence-electron chi connectivity index (χ4n) is 4.61. The van der Waals surface area contributed by atoms with Crippen LogP contribution in [0.2, 0.25) is 0 Å². The zero-order valence-corrected chi connectivity index (χ0v) is 17.8. The van der Waals surface area contributed by atoms with Crippen molar-refractivity contribution in [2.24, 2.45) is 0 Å². The van der Waals surface area contributed by atoms with Gasteiger partial charge < -0.3 is 14.8 Å². The molecule has 1 aliphatic carbocycles. The van der Waals surface area contributed by atoms with Crippen molar-refractivity contribution >= 4 is 11.7 Å². The van der Waals surface area contributed by atoms with Gasteiger partial charge in [-0.3, -0.25) is 4.79 Å². The third-order valence-electron chi connectivity index (χ3n) is 6.02. The Morgan fingerprint density at radius 1 is 1.00 bits per heavy atom. The Bertz CT molecular complexity index is 1180. The molecule has 2 aromatic carbocycles. The first-order valence-electron chi connectivity index (χ1n) is 10.3. The van der Waals surface area contributed by atoms with Gasteiger partial charge in [-0.2, -0.15) is 10.1 Å². The third kappa shape index (κ3) is 3.26. The average molecular weight is 416 g/mol. The molecule has 7 heteroatoms. The summed E-state index contributed by atoms with van der Waals surface area (Å²) in [6.07, 6.45) is 1.22. The lowest BCUT2D eigenvalue weighted by molar-refractivity contribution is -0.116. The van der Waals surface area contributed by atoms with Crippen molar-refractivity contribution in [1.82, 2.24) is 14.8 Å². The molecule has 0 saturated carbocycles. The highest BCUT2D eigenvalue weighted by atomic mass is 16.5. The summed E-state index contributed by atoms with van der Waals surface area (Å²) >= 11 is 0. The Morgan fingerprint density at radius 3 is 2.52 bits per heavy atom. The van der Waals surface area contributed by atoms with Crippen molar-refractivity contribution in [2.75, 3.05) is 19.5 Å². The van der Waals surface area contributed by atoms with E-state index in [-0.39, 0.29) is 17.7 Å². The summed E-state index contributed by atoms with van der Waals surface area (Å²) in [5.41, 5.74) is 3.75. The zero-order chi connectivity index (χ0) is 21.5. The number of aryl methyl sites for hydroxylation is 1. The van der Waals surface area contributed by atoms with Gasteiger partial charge in [-0.1, -0.05) is 36.4 Å². The Morgan fingerprint density at radius 2 is 1.77 bits per heavy atom. The number of fused-ring (bicyclic) bond motifs is 1. The molecule has 1 aromatic heterocycles. The maximum Gasteiger partial charge on any atom is 0.226 e. The number of carbonyl (C=O) groups is 1. The average Bonchev–Trinajstić information content (AvgIpc) is 3.17. The van der Waals surface area contributed by atoms with E-state index in [1.54, 1.807) is 18.9 Å². The van der Waals surface area contributed by atoms with Crippen molar-refractivity contribution in [2.45, 2.75) is 31.7 Å². The van der Waals surface area contributed by atoms with Crippen LogP contribution in [0.1, 0.15) is 41.8 Å². The van der Waals surface area contributed by atoms with Gasteiger partial charge in [0.2, 0.25) is 5.95 Å². The molecule has 31 heavy (non-hydrogen) atoms. The molecule has 1 aliphatic heterocycles. The molecule has 0 amide bonds. The first-order valence-corrected chi connectivity index (χ1v) is 10.3. The van der Waals surface area contributed by atoms with E-state index in [2.05, 4.69) is 27.5 Å². The Hall–Kier alpha value is -3.61. The lowest BCUT2D eigenvalue weighted by Gasteiger charge is -2.35. The number of ether oxygens (including phenoxy) is 2. The maximum absolute atomic E-state index is 13.5. The largest absolute Gasteiger partial charge is 0.493 e. The summed E-state index contributed by atoms with van der Waals surface area (Å²) in [5, 5.41) is 7.99. The van der Waals surface area contributed by atoms with E-state index in [4.69, 9.17) is 9.47 Å². The molecular formula is C24H24N4O3. The number of aromatic nitrogens is 3. The van der Waals surface area contributed by atoms with Gasteiger partial charge in [0.15, 0.2) is 17.3 Å². The topological polar surface area (TPSA) is 78.3 Å². The van der Waals surface area contributed by atoms with E-state index < -0.39 is 0 Å². The van der Waals surface area contributed by atoms with Gasteiger partial charge in [0.05, 0.1) is 14.2 Å². The number of hydrogen-bond donors (Lipinski definition) is 1. The number of ketones is 1. The number of nitrogens with zero attached hydrogens (tertiary/aromatic N) is 3. The molecule has 3 aromatic rings. The lowest BCUT2D eigenvalue weighted by atomic mass is 9.78. The summed E-state index contributed by atoms with van der Waals surface area (Å²) in [6, 6.07) is 15.6. The summed E-state index contributed by atoms with van der Waals surface area (Å²) in [4.78, 5) is 18.0. The summed E-state index contributed by atoms with van der Waals surface area (Å²) in [6.45, 7) is 1.85. The Balaban J connectivity index is 1.63. The first-order chi connectivity index (χ1) is 15.1. The smallest absolute Gasteiger partial charge is 0.226 e. The van der Waals surface area contributed by atoms with E-state index in [1.807, 2.05) is 43.3 Å². The molecule has 0 spiro atoms. The monoisotopic (exact) mass is 416 g/mol. The van der Waals surface area contributed by atoms with Gasteiger partial charge in [0.1, 0.15) is 11.9 Å². The van der Waals surface area contributed by atoms with E-state index in [0.717, 1.165) is 23.3 Å². The second-order valence-corrected chi connectivity index (χ2v) is 7.90. The predicted octanol–water partition coefficient (Wildman–Crippen LogP) is 4.02. The fraction of sp³-hybridized carbons (Fsp3) is 0.292. The maximum atomic E-state index is 13.5. The molecule has 7 nitrogen and oxygen atoms in total. The Labute approximate surface area is 180 Å². The third-order valence-corrected chi connectivity index (χ3v) is 6.02. The van der Waals surface area contributed by atoms with Crippen LogP contribution < -0.4 is 14.8 Å². The van der Waals surface area contributed by atoms with Crippen molar-refractivity contribution in [3.05, 3.63) is 76.8 Å². The molecule has 5 rings (SSSR count). The number of carbonyl (C=O) groups excluding carboxylic acids is 1. The predicted molar refractivity (Wildman–Crippen MR) is 117 cm³/mol. The molecule has 0 fully saturated rings. The SMILES string of the molecule is COc1ccc([C@H]2C3=C(C[C@@H](c4ccccc4)CC3=O)Nc3nc(C)nn32)cc1OC. The van der Waals surface area contributed by atoms with Gasteiger partial charge in [-0.05, 0) is 42.5 Å². The van der Waals surface area contributed by atoms with Crippen LogP contribution >= 0.6 is 0 Å². The number of benzene rings is 2. The number of methoxy groups -OCH3 is 2. The van der Waals surface area contributed by atoms with Crippen molar-refractivity contribution in [3.8, 4) is 11.5 Å². The summed E-state index contributed by atoms with van der Waals surface area (Å²) in [7, 11) is 3.21. The van der Waals surface area contributed by atoms with Gasteiger partial charge in [-0.25, -0.2) is 4.68 Å². The van der Waals surface area contributed by atoms with Crippen molar-refractivity contribution in [3.63, 3.8) is 0 Å². The van der Waals surface area contributed by atoms with Crippen LogP contribution in [-0.4, -0.2) is 34.8 Å². The van der Waals surface area contributed by atoms with Crippen molar-refractivity contribution < 1.29 is 14.3 Å². The minimum Gasteiger partial charge on any atom is -0.493 e. The highest BCUT2D eigenvalue weighted by Gasteiger charge is 2.39. The molecular weight excluding hydrogens is 392 g/mol. The summed E-state index contributed by atoms with van der Waals surface area (Å²) in [5.74, 6) is 2.83. The van der Waals surface area contributed by atoms with Gasteiger partial charge in [0, 0.05) is 17.7 Å². The molecule has 2 aliphatic rings. The van der Waals surface area contributed by atoms with Crippen LogP contribution in [0.4, 0.5) is 5.95 Å². The van der Waals surface area contributed by atoms with E-state index in [1.165, 1.54) is 5.56 Å². The van der Waals surface area contributed by atoms with Crippen LogP contribution in [0.3, 0.4) is 0 Å². The normalized spacial score (nSPS) is 20.0. The standard InChI is InChI=1S/C24H24N4O3/c1-14-25-24-26-18-11-17(15-7-5-4-6-8-15)12-19(29)22(18)23(28(24)27-14)16-9-10-20(30-2)21(13-16)31-3/h4-10,13,17,23H,11-12H2,1-3H3,(H,25,26,27)/t17-,23+/m1/s1. The Kier molecular flexibility index (Phi) is 4.73. The fourth-order valence-corrected chi connectivity index (χ4v) is 4.61. The number of rotatable bonds is 4. The number of Topliss-reactive ketones (excluding diaryl/α,β-unsaturated/α-hetero) is 1. The van der Waals surface area contributed by atoms with Gasteiger partial charge in [-0.15, -0.1) is 0 Å². The molecule has 1 N–H and O–H groups in total. The van der Waals surface area contributed by atoms with Crippen molar-refractivity contribution in [1.29, 1.82) is 0 Å². The molecule has 0 radical (unpaired) electrons. The zero-order valence-electron chi connectivity index (χ0n) is 17.8. The second-order valence-electron chi connectivity index (χ2n) is 7.90. The molecule has 0 bridgehead atoms. The first kappa shape index (κ1) is 19.4. The van der Waals surface area contributed by atoms with Crippen LogP contribution in [0, 0.1) is 6.92 Å². The minimum absolute atomic E-state index is 0.126. The van der Waals surface area contributed by atoms with Crippen LogP contribution in [0.25, 0.3) is 0 Å². The van der Waals surface area contributed by atoms with Gasteiger partial charge >= 0.3 is 0 Å². The van der Waals surface area contributed by atoms with E-state index >= 15 is 0 Å². The molecule has 0 unspecified atom stereocenters. The van der Waals surface area contributed by atoms with E-state index in [0.29, 0.717) is 29.7 Å². The highest BCUT2D eigenvalue weighted by molar-refractivity contribution is 6.00. The minimum atomic E-state index is -0.364. The van der Waals surface area contributed by atoms with Gasteiger partial charge in [0.25, 0.3) is 0 Å². The quantitative estimate of drug-likeness (QED) is 0.692. The lowest BCUT2D eigenvalue weighted by Crippen LogP contribution is -2.33. The van der Waals surface area contributed by atoms with Crippen LogP contribution in [0.15, 0.2) is 59.8 Å². The number of hydrogen-bond acceptors (Lipinski definition) is 6. The number of allylic oxidation sites excluding steroid dienone is 2. The molecule has 2 heterocycles. The molecule has 2 atom stereocenters.